The highest BCUT2D eigenvalue weighted by molar-refractivity contribution is 7.56. The number of benzene rings is 3. The Morgan fingerprint density at radius 3 is 1.38 bits per heavy atom. The van der Waals surface area contributed by atoms with Crippen LogP contribution in [-0.4, -0.2) is 0 Å². The van der Waals surface area contributed by atoms with Crippen LogP contribution in [0.4, 0.5) is 0 Å². The van der Waals surface area contributed by atoms with Gasteiger partial charge in [0.2, 0.25) is 0 Å². The molecule has 0 aromatic heterocycles. The van der Waals surface area contributed by atoms with Crippen LogP contribution in [0, 0.1) is 34.6 Å². The Morgan fingerprint density at radius 1 is 0.538 bits per heavy atom. The standard InChI is InChI=1S/C23H25O2P/c1-16-6-10-21(11-7-16)26(24-22-12-8-17(2)14-19(22)4)25-23-13-9-18(3)15-20(23)5/h6-15H,1-5H3. The van der Waals surface area contributed by atoms with Gasteiger partial charge in [-0.15, -0.1) is 0 Å². The molecule has 0 saturated heterocycles. The lowest BCUT2D eigenvalue weighted by atomic mass is 10.1. The van der Waals surface area contributed by atoms with Crippen LogP contribution in [0.2, 0.25) is 0 Å². The predicted molar refractivity (Wildman–Crippen MR) is 111 cm³/mol. The Balaban J connectivity index is 1.94. The minimum Gasteiger partial charge on any atom is -0.435 e. The van der Waals surface area contributed by atoms with Crippen molar-refractivity contribution in [2.45, 2.75) is 34.6 Å². The van der Waals surface area contributed by atoms with Crippen LogP contribution in [0.15, 0.2) is 60.7 Å². The van der Waals surface area contributed by atoms with Gasteiger partial charge in [0.1, 0.15) is 11.5 Å². The molecule has 3 heteroatoms. The molecule has 0 saturated carbocycles. The second-order valence-corrected chi connectivity index (χ2v) is 8.21. The molecule has 3 aromatic rings. The molecule has 0 unspecified atom stereocenters. The summed E-state index contributed by atoms with van der Waals surface area (Å²) in [6.07, 6.45) is 0. The molecule has 0 fully saturated rings. The topological polar surface area (TPSA) is 18.5 Å². The molecule has 3 rings (SSSR count). The zero-order valence-electron chi connectivity index (χ0n) is 16.0. The third-order valence-electron chi connectivity index (χ3n) is 4.27. The summed E-state index contributed by atoms with van der Waals surface area (Å²) >= 11 is 0. The lowest BCUT2D eigenvalue weighted by molar-refractivity contribution is 0.497. The average molecular weight is 364 g/mol. The Bertz CT molecular complexity index is 847. The van der Waals surface area contributed by atoms with Gasteiger partial charge in [-0.2, -0.15) is 0 Å². The van der Waals surface area contributed by atoms with Gasteiger partial charge in [-0.3, -0.25) is 0 Å². The zero-order valence-corrected chi connectivity index (χ0v) is 16.9. The zero-order chi connectivity index (χ0) is 18.7. The third-order valence-corrected chi connectivity index (χ3v) is 5.71. The van der Waals surface area contributed by atoms with Crippen LogP contribution in [0.1, 0.15) is 27.8 Å². The first kappa shape index (κ1) is 18.5. The van der Waals surface area contributed by atoms with E-state index in [1.54, 1.807) is 0 Å². The second kappa shape index (κ2) is 7.93. The summed E-state index contributed by atoms with van der Waals surface area (Å²) in [6.45, 7) is 10.4. The van der Waals surface area contributed by atoms with E-state index < -0.39 is 8.38 Å². The van der Waals surface area contributed by atoms with E-state index in [9.17, 15) is 0 Å². The van der Waals surface area contributed by atoms with E-state index in [1.165, 1.54) is 16.7 Å². The summed E-state index contributed by atoms with van der Waals surface area (Å²) in [5, 5.41) is 1.06. The van der Waals surface area contributed by atoms with Crippen molar-refractivity contribution in [2.75, 3.05) is 0 Å². The molecule has 0 aliphatic carbocycles. The molecule has 0 aliphatic rings. The minimum absolute atomic E-state index is 0.868. The number of hydrogen-bond donors (Lipinski definition) is 0. The van der Waals surface area contributed by atoms with Gasteiger partial charge in [0.05, 0.1) is 5.30 Å². The summed E-state index contributed by atoms with van der Waals surface area (Å²) < 4.78 is 12.7. The smallest absolute Gasteiger partial charge is 0.326 e. The van der Waals surface area contributed by atoms with Crippen molar-refractivity contribution in [1.29, 1.82) is 0 Å². The van der Waals surface area contributed by atoms with Crippen LogP contribution < -0.4 is 14.4 Å². The number of rotatable bonds is 5. The van der Waals surface area contributed by atoms with E-state index in [1.807, 2.05) is 12.1 Å². The third kappa shape index (κ3) is 4.45. The van der Waals surface area contributed by atoms with Crippen LogP contribution in [0.25, 0.3) is 0 Å². The molecule has 0 atom stereocenters. The highest BCUT2D eigenvalue weighted by Crippen LogP contribution is 2.42. The van der Waals surface area contributed by atoms with E-state index in [-0.39, 0.29) is 0 Å². The fraction of sp³-hybridized carbons (Fsp3) is 0.217. The first-order valence-electron chi connectivity index (χ1n) is 8.79. The summed E-state index contributed by atoms with van der Waals surface area (Å²) in [7, 11) is -1.27. The van der Waals surface area contributed by atoms with Gasteiger partial charge in [-0.25, -0.2) is 0 Å². The molecule has 0 radical (unpaired) electrons. The number of hydrogen-bond acceptors (Lipinski definition) is 2. The van der Waals surface area contributed by atoms with E-state index in [2.05, 4.69) is 83.1 Å². The largest absolute Gasteiger partial charge is 0.435 e. The molecule has 134 valence electrons. The molecule has 2 nitrogen and oxygen atoms in total. The fourth-order valence-electron chi connectivity index (χ4n) is 2.77. The van der Waals surface area contributed by atoms with Gasteiger partial charge in [0, 0.05) is 0 Å². The molecule has 0 N–H and O–H groups in total. The molecular weight excluding hydrogens is 339 g/mol. The molecule has 0 heterocycles. The first-order valence-corrected chi connectivity index (χ1v) is 9.97. The molecule has 26 heavy (non-hydrogen) atoms. The Kier molecular flexibility index (Phi) is 5.64. The Morgan fingerprint density at radius 2 is 0.962 bits per heavy atom. The van der Waals surface area contributed by atoms with Gasteiger partial charge in [0.25, 0.3) is 0 Å². The van der Waals surface area contributed by atoms with Crippen LogP contribution in [0.3, 0.4) is 0 Å². The maximum Gasteiger partial charge on any atom is 0.326 e. The maximum absolute atomic E-state index is 6.36. The van der Waals surface area contributed by atoms with Gasteiger partial charge in [-0.05, 0) is 70.0 Å². The van der Waals surface area contributed by atoms with Crippen molar-refractivity contribution in [2.24, 2.45) is 0 Å². The summed E-state index contributed by atoms with van der Waals surface area (Å²) in [5.41, 5.74) is 5.92. The lowest BCUT2D eigenvalue weighted by Gasteiger charge is -2.21. The lowest BCUT2D eigenvalue weighted by Crippen LogP contribution is -2.11. The van der Waals surface area contributed by atoms with Gasteiger partial charge < -0.3 is 9.05 Å². The molecule has 3 aromatic carbocycles. The number of aryl methyl sites for hydroxylation is 5. The molecule has 0 amide bonds. The van der Waals surface area contributed by atoms with Gasteiger partial charge in [0.15, 0.2) is 0 Å². The summed E-state index contributed by atoms with van der Waals surface area (Å²) in [6, 6.07) is 20.8. The Hall–Kier alpha value is -2.31. The SMILES string of the molecule is Cc1ccc(P(Oc2ccc(C)cc2C)Oc2ccc(C)cc2C)cc1. The molecular formula is C23H25O2P. The first-order chi connectivity index (χ1) is 12.4. The minimum atomic E-state index is -1.27. The fourth-order valence-corrected chi connectivity index (χ4v) is 4.18. The molecule has 0 spiro atoms. The van der Waals surface area contributed by atoms with E-state index in [0.29, 0.717) is 0 Å². The van der Waals surface area contributed by atoms with Crippen molar-refractivity contribution in [3.05, 3.63) is 88.5 Å². The monoisotopic (exact) mass is 364 g/mol. The highest BCUT2D eigenvalue weighted by atomic mass is 31.2. The van der Waals surface area contributed by atoms with Crippen LogP contribution in [-0.2, 0) is 0 Å². The van der Waals surface area contributed by atoms with Crippen LogP contribution in [0.5, 0.6) is 11.5 Å². The normalized spacial score (nSPS) is 10.8. The quantitative estimate of drug-likeness (QED) is 0.493. The van der Waals surface area contributed by atoms with E-state index in [4.69, 9.17) is 9.05 Å². The second-order valence-electron chi connectivity index (χ2n) is 6.81. The van der Waals surface area contributed by atoms with Crippen molar-refractivity contribution >= 4 is 13.7 Å². The van der Waals surface area contributed by atoms with Crippen molar-refractivity contribution < 1.29 is 9.05 Å². The van der Waals surface area contributed by atoms with Gasteiger partial charge >= 0.3 is 8.38 Å². The van der Waals surface area contributed by atoms with Crippen molar-refractivity contribution in [1.82, 2.24) is 0 Å². The summed E-state index contributed by atoms with van der Waals surface area (Å²) in [5.74, 6) is 1.74. The van der Waals surface area contributed by atoms with Gasteiger partial charge in [-0.1, -0.05) is 53.1 Å². The van der Waals surface area contributed by atoms with E-state index in [0.717, 1.165) is 27.9 Å². The molecule has 0 aliphatic heterocycles. The molecule has 0 bridgehead atoms. The summed E-state index contributed by atoms with van der Waals surface area (Å²) in [4.78, 5) is 0. The highest BCUT2D eigenvalue weighted by Gasteiger charge is 2.20. The Labute approximate surface area is 157 Å². The maximum atomic E-state index is 6.36. The van der Waals surface area contributed by atoms with Crippen LogP contribution >= 0.6 is 8.38 Å². The average Bonchev–Trinajstić information content (AvgIpc) is 2.59. The van der Waals surface area contributed by atoms with E-state index >= 15 is 0 Å². The predicted octanol–water partition coefficient (Wildman–Crippen LogP) is 6.32. The van der Waals surface area contributed by atoms with Crippen molar-refractivity contribution in [3.63, 3.8) is 0 Å². The van der Waals surface area contributed by atoms with Crippen molar-refractivity contribution in [3.8, 4) is 11.5 Å².